The molecule has 0 aliphatic heterocycles. The van der Waals surface area contributed by atoms with Crippen LogP contribution >= 0.6 is 0 Å². The maximum atomic E-state index is 6.73. The van der Waals surface area contributed by atoms with Gasteiger partial charge in [0.25, 0.3) is 0 Å². The molecule has 0 aliphatic rings. The number of fused-ring (bicyclic) bond motifs is 5. The molecular formula is C46H31NO. The van der Waals surface area contributed by atoms with E-state index >= 15 is 0 Å². The molecule has 2 heteroatoms. The number of anilines is 3. The SMILES string of the molecule is c1ccc(-c2ccc(-c3cccc(N(c4ccccc4)c4cccc5oc6c7ccccc7c(-c7ccccc7)cc6c45)c3)cc2)cc1. The minimum atomic E-state index is 0.867. The molecule has 226 valence electrons. The van der Waals surface area contributed by atoms with Crippen molar-refractivity contribution in [2.45, 2.75) is 0 Å². The highest BCUT2D eigenvalue weighted by molar-refractivity contribution is 6.22. The Morgan fingerprint density at radius 1 is 0.354 bits per heavy atom. The van der Waals surface area contributed by atoms with Crippen molar-refractivity contribution in [2.75, 3.05) is 4.90 Å². The van der Waals surface area contributed by atoms with Crippen LogP contribution in [0.25, 0.3) is 66.1 Å². The van der Waals surface area contributed by atoms with E-state index in [1.807, 2.05) is 0 Å². The summed E-state index contributed by atoms with van der Waals surface area (Å²) >= 11 is 0. The van der Waals surface area contributed by atoms with Gasteiger partial charge < -0.3 is 9.32 Å². The van der Waals surface area contributed by atoms with Crippen molar-refractivity contribution in [3.8, 4) is 33.4 Å². The number of hydrogen-bond donors (Lipinski definition) is 0. The quantitative estimate of drug-likeness (QED) is 0.185. The topological polar surface area (TPSA) is 16.4 Å². The van der Waals surface area contributed by atoms with Gasteiger partial charge in [0.2, 0.25) is 0 Å². The second kappa shape index (κ2) is 11.8. The fourth-order valence-corrected chi connectivity index (χ4v) is 6.99. The normalized spacial score (nSPS) is 11.3. The summed E-state index contributed by atoms with van der Waals surface area (Å²) in [5.41, 5.74) is 12.2. The zero-order valence-corrected chi connectivity index (χ0v) is 26.3. The average Bonchev–Trinajstić information content (AvgIpc) is 3.56. The molecule has 0 atom stereocenters. The van der Waals surface area contributed by atoms with Gasteiger partial charge in [-0.25, -0.2) is 0 Å². The fraction of sp³-hybridized carbons (Fsp3) is 0. The summed E-state index contributed by atoms with van der Waals surface area (Å²) < 4.78 is 6.73. The van der Waals surface area contributed by atoms with Crippen LogP contribution in [0, 0.1) is 0 Å². The smallest absolute Gasteiger partial charge is 0.143 e. The van der Waals surface area contributed by atoms with Gasteiger partial charge in [-0.3, -0.25) is 0 Å². The Hall–Kier alpha value is -6.38. The van der Waals surface area contributed by atoms with E-state index < -0.39 is 0 Å². The second-order valence-electron chi connectivity index (χ2n) is 12.1. The highest BCUT2D eigenvalue weighted by Gasteiger charge is 2.22. The van der Waals surface area contributed by atoms with Gasteiger partial charge in [-0.15, -0.1) is 0 Å². The Balaban J connectivity index is 1.25. The molecule has 1 aromatic heterocycles. The lowest BCUT2D eigenvalue weighted by Crippen LogP contribution is -2.10. The predicted molar refractivity (Wildman–Crippen MR) is 202 cm³/mol. The Kier molecular flexibility index (Phi) is 6.84. The van der Waals surface area contributed by atoms with Crippen molar-refractivity contribution in [1.29, 1.82) is 0 Å². The van der Waals surface area contributed by atoms with E-state index in [1.165, 1.54) is 33.2 Å². The summed E-state index contributed by atoms with van der Waals surface area (Å²) in [6.07, 6.45) is 0. The first-order valence-electron chi connectivity index (χ1n) is 16.4. The summed E-state index contributed by atoms with van der Waals surface area (Å²) in [7, 11) is 0. The van der Waals surface area contributed by atoms with Crippen molar-refractivity contribution in [1.82, 2.24) is 0 Å². The highest BCUT2D eigenvalue weighted by atomic mass is 16.3. The average molecular weight is 614 g/mol. The number of nitrogens with zero attached hydrogens (tertiary/aromatic N) is 1. The van der Waals surface area contributed by atoms with Crippen molar-refractivity contribution in [2.24, 2.45) is 0 Å². The Labute approximate surface area is 279 Å². The first kappa shape index (κ1) is 27.9. The van der Waals surface area contributed by atoms with Crippen molar-refractivity contribution in [3.05, 3.63) is 188 Å². The molecule has 0 radical (unpaired) electrons. The summed E-state index contributed by atoms with van der Waals surface area (Å²) in [5, 5.41) is 4.49. The molecule has 0 bridgehead atoms. The molecule has 0 saturated heterocycles. The Morgan fingerprint density at radius 2 is 0.896 bits per heavy atom. The lowest BCUT2D eigenvalue weighted by molar-refractivity contribution is 0.672. The third kappa shape index (κ3) is 4.83. The van der Waals surface area contributed by atoms with E-state index in [-0.39, 0.29) is 0 Å². The van der Waals surface area contributed by atoms with Crippen LogP contribution in [-0.4, -0.2) is 0 Å². The largest absolute Gasteiger partial charge is 0.455 e. The molecule has 0 saturated carbocycles. The number of furan rings is 1. The van der Waals surface area contributed by atoms with Crippen LogP contribution in [0.4, 0.5) is 17.1 Å². The number of hydrogen-bond acceptors (Lipinski definition) is 2. The van der Waals surface area contributed by atoms with Gasteiger partial charge in [-0.2, -0.15) is 0 Å². The van der Waals surface area contributed by atoms with Gasteiger partial charge in [-0.1, -0.05) is 146 Å². The Bertz CT molecular complexity index is 2530. The molecule has 9 rings (SSSR count). The van der Waals surface area contributed by atoms with E-state index in [2.05, 4.69) is 193 Å². The van der Waals surface area contributed by atoms with Gasteiger partial charge in [-0.05, 0) is 81.2 Å². The third-order valence-electron chi connectivity index (χ3n) is 9.25. The van der Waals surface area contributed by atoms with E-state index in [4.69, 9.17) is 4.42 Å². The molecule has 0 spiro atoms. The van der Waals surface area contributed by atoms with Crippen molar-refractivity contribution < 1.29 is 4.42 Å². The zero-order valence-electron chi connectivity index (χ0n) is 26.3. The zero-order chi connectivity index (χ0) is 31.9. The summed E-state index contributed by atoms with van der Waals surface area (Å²) in [6.45, 7) is 0. The first-order valence-corrected chi connectivity index (χ1v) is 16.4. The Morgan fingerprint density at radius 3 is 1.62 bits per heavy atom. The van der Waals surface area contributed by atoms with Crippen LogP contribution in [0.2, 0.25) is 0 Å². The molecule has 0 aliphatic carbocycles. The molecule has 48 heavy (non-hydrogen) atoms. The monoisotopic (exact) mass is 613 g/mol. The summed E-state index contributed by atoms with van der Waals surface area (Å²) in [6, 6.07) is 66.7. The maximum Gasteiger partial charge on any atom is 0.143 e. The van der Waals surface area contributed by atoms with E-state index in [0.29, 0.717) is 0 Å². The summed E-state index contributed by atoms with van der Waals surface area (Å²) in [5.74, 6) is 0. The van der Waals surface area contributed by atoms with Crippen LogP contribution in [0.3, 0.4) is 0 Å². The second-order valence-corrected chi connectivity index (χ2v) is 12.1. The lowest BCUT2D eigenvalue weighted by atomic mass is 9.95. The van der Waals surface area contributed by atoms with Gasteiger partial charge in [0.05, 0.1) is 11.1 Å². The molecule has 1 heterocycles. The highest BCUT2D eigenvalue weighted by Crippen LogP contribution is 2.46. The molecule has 0 fully saturated rings. The number of para-hydroxylation sites is 1. The van der Waals surface area contributed by atoms with Crippen LogP contribution in [-0.2, 0) is 0 Å². The molecule has 9 aromatic rings. The molecular weight excluding hydrogens is 583 g/mol. The van der Waals surface area contributed by atoms with Crippen LogP contribution in [0.15, 0.2) is 192 Å². The first-order chi connectivity index (χ1) is 23.8. The van der Waals surface area contributed by atoms with E-state index in [1.54, 1.807) is 0 Å². The molecule has 0 unspecified atom stereocenters. The number of benzene rings is 8. The van der Waals surface area contributed by atoms with Gasteiger partial charge in [0, 0.05) is 22.1 Å². The maximum absolute atomic E-state index is 6.73. The number of rotatable bonds is 6. The van der Waals surface area contributed by atoms with Gasteiger partial charge in [0.1, 0.15) is 11.2 Å². The molecule has 2 nitrogen and oxygen atoms in total. The van der Waals surface area contributed by atoms with Crippen molar-refractivity contribution in [3.63, 3.8) is 0 Å². The predicted octanol–water partition coefficient (Wildman–Crippen LogP) is 13.2. The molecule has 0 amide bonds. The molecule has 8 aromatic carbocycles. The van der Waals surface area contributed by atoms with Crippen LogP contribution < -0.4 is 4.90 Å². The molecule has 0 N–H and O–H groups in total. The van der Waals surface area contributed by atoms with E-state index in [0.717, 1.165) is 50.0 Å². The third-order valence-corrected chi connectivity index (χ3v) is 9.25. The van der Waals surface area contributed by atoms with E-state index in [9.17, 15) is 0 Å². The van der Waals surface area contributed by atoms with Crippen LogP contribution in [0.1, 0.15) is 0 Å². The minimum absolute atomic E-state index is 0.867. The van der Waals surface area contributed by atoms with Gasteiger partial charge >= 0.3 is 0 Å². The van der Waals surface area contributed by atoms with Crippen LogP contribution in [0.5, 0.6) is 0 Å². The van der Waals surface area contributed by atoms with Gasteiger partial charge in [0.15, 0.2) is 0 Å². The summed E-state index contributed by atoms with van der Waals surface area (Å²) in [4.78, 5) is 2.36. The standard InChI is InChI=1S/C46H31NO/c1-4-14-32(15-5-1)33-26-28-34(29-27-33)36-18-12-21-38(30-36)47(37-19-8-3-9-20-37)43-24-13-25-44-45(43)42-31-41(35-16-6-2-7-17-35)39-22-10-11-23-40(39)46(42)48-44/h1-31H. The van der Waals surface area contributed by atoms with Crippen molar-refractivity contribution >= 4 is 49.8 Å². The lowest BCUT2D eigenvalue weighted by Gasteiger charge is -2.26. The minimum Gasteiger partial charge on any atom is -0.455 e. The fourth-order valence-electron chi connectivity index (χ4n) is 6.99.